The number of nitrogens with one attached hydrogen (secondary N) is 1. The second-order valence-corrected chi connectivity index (χ2v) is 9.00. The molecule has 10 nitrogen and oxygen atoms in total. The molecule has 1 saturated heterocycles. The Morgan fingerprint density at radius 1 is 1.03 bits per heavy atom. The summed E-state index contributed by atoms with van der Waals surface area (Å²) in [5.74, 6) is -1.13. The molecule has 10 heteroatoms. The number of non-ortho nitro benzene ring substituents is 1. The first-order valence-corrected chi connectivity index (χ1v) is 10.9. The lowest BCUT2D eigenvalue weighted by molar-refractivity contribution is -0.384. The van der Waals surface area contributed by atoms with Gasteiger partial charge in [-0.2, -0.15) is 0 Å². The number of carbonyl (C=O) groups excluding carboxylic acids is 3. The molecule has 0 saturated carbocycles. The first-order valence-electron chi connectivity index (χ1n) is 10.9. The van der Waals surface area contributed by atoms with E-state index in [0.717, 1.165) is 5.69 Å². The van der Waals surface area contributed by atoms with Crippen LogP contribution in [0, 0.1) is 15.5 Å². The predicted octanol–water partition coefficient (Wildman–Crippen LogP) is 3.09. The van der Waals surface area contributed by atoms with Crippen LogP contribution in [0.1, 0.15) is 31.1 Å². The number of nitrogens with zero attached hydrogens (tertiary/aromatic N) is 3. The normalized spacial score (nSPS) is 13.9. The molecular weight excluding hydrogens is 440 g/mol. The number of piperazine rings is 1. The second kappa shape index (κ2) is 10.3. The van der Waals surface area contributed by atoms with Gasteiger partial charge in [-0.15, -0.1) is 0 Å². The highest BCUT2D eigenvalue weighted by Crippen LogP contribution is 2.21. The quantitative estimate of drug-likeness (QED) is 0.393. The van der Waals surface area contributed by atoms with Gasteiger partial charge in [0, 0.05) is 55.1 Å². The number of carbonyl (C=O) groups is 3. The largest absolute Gasteiger partial charge is 0.452 e. The van der Waals surface area contributed by atoms with E-state index in [2.05, 4.69) is 5.32 Å². The van der Waals surface area contributed by atoms with E-state index in [1.807, 2.05) is 4.90 Å². The first kappa shape index (κ1) is 24.7. The van der Waals surface area contributed by atoms with E-state index in [-0.39, 0.29) is 29.7 Å². The van der Waals surface area contributed by atoms with Gasteiger partial charge in [0.25, 0.3) is 11.6 Å². The van der Waals surface area contributed by atoms with Crippen LogP contribution in [0.2, 0.25) is 0 Å². The zero-order valence-electron chi connectivity index (χ0n) is 19.4. The Balaban J connectivity index is 1.49. The van der Waals surface area contributed by atoms with E-state index in [1.165, 1.54) is 18.2 Å². The van der Waals surface area contributed by atoms with Crippen LogP contribution in [-0.2, 0) is 14.3 Å². The Labute approximate surface area is 197 Å². The Morgan fingerprint density at radius 2 is 1.68 bits per heavy atom. The molecule has 2 aromatic carbocycles. The topological polar surface area (TPSA) is 122 Å². The lowest BCUT2D eigenvalue weighted by atomic mass is 9.95. The molecule has 2 amide bonds. The van der Waals surface area contributed by atoms with Crippen molar-refractivity contribution in [3.63, 3.8) is 0 Å². The number of nitro benzene ring substituents is 1. The van der Waals surface area contributed by atoms with Crippen LogP contribution in [0.5, 0.6) is 0 Å². The van der Waals surface area contributed by atoms with Gasteiger partial charge in [0.15, 0.2) is 6.61 Å². The zero-order valence-corrected chi connectivity index (χ0v) is 19.4. The third kappa shape index (κ3) is 6.31. The lowest BCUT2D eigenvalue weighted by Gasteiger charge is -2.36. The number of anilines is 2. The molecule has 0 radical (unpaired) electrons. The van der Waals surface area contributed by atoms with Gasteiger partial charge < -0.3 is 19.9 Å². The van der Waals surface area contributed by atoms with Crippen LogP contribution < -0.4 is 10.2 Å². The monoisotopic (exact) mass is 468 g/mol. The van der Waals surface area contributed by atoms with Gasteiger partial charge in [0.1, 0.15) is 0 Å². The average Bonchev–Trinajstić information content (AvgIpc) is 2.82. The molecule has 1 heterocycles. The van der Waals surface area contributed by atoms with Gasteiger partial charge >= 0.3 is 5.97 Å². The molecule has 3 rings (SSSR count). The Kier molecular flexibility index (Phi) is 7.50. The molecule has 1 N–H and O–H groups in total. The molecule has 0 spiro atoms. The molecule has 1 fully saturated rings. The third-order valence-corrected chi connectivity index (χ3v) is 5.42. The summed E-state index contributed by atoms with van der Waals surface area (Å²) in [5, 5.41) is 13.6. The molecule has 2 aromatic rings. The maximum atomic E-state index is 12.5. The molecule has 0 unspecified atom stereocenters. The smallest absolute Gasteiger partial charge is 0.338 e. The minimum atomic E-state index is -0.648. The molecule has 0 bridgehead atoms. The molecule has 0 aromatic heterocycles. The highest BCUT2D eigenvalue weighted by Gasteiger charge is 2.24. The standard InChI is InChI=1S/C24H28N4O6/c1-24(2,3)23(31)25-18-6-4-5-17(15-18)22(30)34-16-21(29)27-13-11-26(12-14-27)19-7-9-20(10-8-19)28(32)33/h4-10,15H,11-14,16H2,1-3H3,(H,25,31). The van der Waals surface area contributed by atoms with Crippen molar-refractivity contribution in [2.75, 3.05) is 43.0 Å². The van der Waals surface area contributed by atoms with Gasteiger partial charge in [-0.3, -0.25) is 19.7 Å². The van der Waals surface area contributed by atoms with Crippen molar-refractivity contribution in [3.8, 4) is 0 Å². The van der Waals surface area contributed by atoms with Gasteiger partial charge in [-0.1, -0.05) is 26.8 Å². The predicted molar refractivity (Wildman–Crippen MR) is 127 cm³/mol. The van der Waals surface area contributed by atoms with Gasteiger partial charge in [-0.25, -0.2) is 4.79 Å². The summed E-state index contributed by atoms with van der Waals surface area (Å²) >= 11 is 0. The molecule has 0 aliphatic carbocycles. The van der Waals surface area contributed by atoms with E-state index < -0.39 is 16.3 Å². The van der Waals surface area contributed by atoms with Crippen LogP contribution in [0.3, 0.4) is 0 Å². The number of hydrogen-bond donors (Lipinski definition) is 1. The number of hydrogen-bond acceptors (Lipinski definition) is 7. The van der Waals surface area contributed by atoms with Crippen molar-refractivity contribution in [2.24, 2.45) is 5.41 Å². The molecule has 180 valence electrons. The number of ether oxygens (including phenoxy) is 1. The summed E-state index contributed by atoms with van der Waals surface area (Å²) in [5.41, 5.74) is 1.01. The van der Waals surface area contributed by atoms with E-state index in [0.29, 0.717) is 31.9 Å². The van der Waals surface area contributed by atoms with E-state index in [9.17, 15) is 24.5 Å². The Bertz CT molecular complexity index is 1070. The SMILES string of the molecule is CC(C)(C)C(=O)Nc1cccc(C(=O)OCC(=O)N2CCN(c3ccc([N+](=O)[O-])cc3)CC2)c1. The zero-order chi connectivity index (χ0) is 24.9. The summed E-state index contributed by atoms with van der Waals surface area (Å²) < 4.78 is 5.20. The number of nitro groups is 1. The summed E-state index contributed by atoms with van der Waals surface area (Å²) in [4.78, 5) is 51.1. The Morgan fingerprint density at radius 3 is 2.26 bits per heavy atom. The highest BCUT2D eigenvalue weighted by atomic mass is 16.6. The molecule has 1 aliphatic heterocycles. The molecule has 34 heavy (non-hydrogen) atoms. The van der Waals surface area contributed by atoms with Gasteiger partial charge in [0.05, 0.1) is 10.5 Å². The minimum absolute atomic E-state index is 0.0292. The highest BCUT2D eigenvalue weighted by molar-refractivity contribution is 5.97. The summed E-state index contributed by atoms with van der Waals surface area (Å²) in [6.07, 6.45) is 0. The number of amides is 2. The van der Waals surface area contributed by atoms with Crippen molar-refractivity contribution >= 4 is 34.8 Å². The fourth-order valence-corrected chi connectivity index (χ4v) is 3.34. The number of benzene rings is 2. The maximum absolute atomic E-state index is 12.5. The Hall–Kier alpha value is -3.95. The van der Waals surface area contributed by atoms with Crippen molar-refractivity contribution in [3.05, 3.63) is 64.2 Å². The summed E-state index contributed by atoms with van der Waals surface area (Å²) in [6.45, 7) is 7.01. The summed E-state index contributed by atoms with van der Waals surface area (Å²) in [7, 11) is 0. The van der Waals surface area contributed by atoms with Crippen molar-refractivity contribution in [1.29, 1.82) is 0 Å². The fourth-order valence-electron chi connectivity index (χ4n) is 3.34. The third-order valence-electron chi connectivity index (χ3n) is 5.42. The molecule has 0 atom stereocenters. The van der Waals surface area contributed by atoms with Crippen molar-refractivity contribution in [1.82, 2.24) is 4.90 Å². The molecular formula is C24H28N4O6. The van der Waals surface area contributed by atoms with Gasteiger partial charge in [-0.05, 0) is 30.3 Å². The molecule has 1 aliphatic rings. The second-order valence-electron chi connectivity index (χ2n) is 9.00. The van der Waals surface area contributed by atoms with Gasteiger partial charge in [0.2, 0.25) is 5.91 Å². The van der Waals surface area contributed by atoms with E-state index in [4.69, 9.17) is 4.74 Å². The minimum Gasteiger partial charge on any atom is -0.452 e. The van der Waals surface area contributed by atoms with Crippen molar-refractivity contribution < 1.29 is 24.0 Å². The van der Waals surface area contributed by atoms with Crippen LogP contribution in [0.15, 0.2) is 48.5 Å². The van der Waals surface area contributed by atoms with Crippen molar-refractivity contribution in [2.45, 2.75) is 20.8 Å². The van der Waals surface area contributed by atoms with Crippen LogP contribution in [-0.4, -0.2) is 60.4 Å². The lowest BCUT2D eigenvalue weighted by Crippen LogP contribution is -2.49. The average molecular weight is 469 g/mol. The van der Waals surface area contributed by atoms with Crippen LogP contribution in [0.25, 0.3) is 0 Å². The summed E-state index contributed by atoms with van der Waals surface area (Å²) in [6, 6.07) is 12.7. The number of esters is 1. The van der Waals surface area contributed by atoms with E-state index in [1.54, 1.807) is 56.0 Å². The number of rotatable bonds is 6. The van der Waals surface area contributed by atoms with Crippen LogP contribution >= 0.6 is 0 Å². The van der Waals surface area contributed by atoms with Crippen LogP contribution in [0.4, 0.5) is 17.1 Å². The maximum Gasteiger partial charge on any atom is 0.338 e. The van der Waals surface area contributed by atoms with E-state index >= 15 is 0 Å². The first-order chi connectivity index (χ1) is 16.0. The fraction of sp³-hybridized carbons (Fsp3) is 0.375.